The highest BCUT2D eigenvalue weighted by Crippen LogP contribution is 2.12. The quantitative estimate of drug-likeness (QED) is 0.791. The van der Waals surface area contributed by atoms with Crippen molar-refractivity contribution in [2.24, 2.45) is 0 Å². The van der Waals surface area contributed by atoms with Crippen LogP contribution >= 0.6 is 11.3 Å². The van der Waals surface area contributed by atoms with E-state index in [1.165, 1.54) is 17.7 Å². The van der Waals surface area contributed by atoms with Gasteiger partial charge in [0.1, 0.15) is 5.82 Å². The lowest BCUT2D eigenvalue weighted by Crippen LogP contribution is -2.30. The molecule has 0 aliphatic carbocycles. The van der Waals surface area contributed by atoms with E-state index in [9.17, 15) is 9.18 Å². The third-order valence-electron chi connectivity index (χ3n) is 3.20. The van der Waals surface area contributed by atoms with Gasteiger partial charge in [-0.25, -0.2) is 4.39 Å². The van der Waals surface area contributed by atoms with Crippen LogP contribution in [0.1, 0.15) is 24.5 Å². The third kappa shape index (κ3) is 4.17. The molecule has 0 aliphatic rings. The van der Waals surface area contributed by atoms with Gasteiger partial charge in [-0.3, -0.25) is 4.79 Å². The molecule has 0 N–H and O–H groups in total. The maximum absolute atomic E-state index is 13.2. The zero-order valence-electron chi connectivity index (χ0n) is 11.5. The van der Waals surface area contributed by atoms with Crippen molar-refractivity contribution in [3.63, 3.8) is 0 Å². The number of amides is 1. The SMILES string of the molecule is CCN(Cc1cccc(F)c1)C(=O)CCc1ccsc1. The molecule has 1 heterocycles. The smallest absolute Gasteiger partial charge is 0.223 e. The number of rotatable bonds is 6. The number of halogens is 1. The van der Waals surface area contributed by atoms with Crippen LogP contribution in [0.3, 0.4) is 0 Å². The average Bonchev–Trinajstić information content (AvgIpc) is 2.95. The van der Waals surface area contributed by atoms with Gasteiger partial charge < -0.3 is 4.90 Å². The topological polar surface area (TPSA) is 20.3 Å². The summed E-state index contributed by atoms with van der Waals surface area (Å²) in [6.45, 7) is 3.05. The molecule has 0 saturated heterocycles. The average molecular weight is 291 g/mol. The first-order chi connectivity index (χ1) is 9.69. The number of hydrogen-bond donors (Lipinski definition) is 0. The predicted octanol–water partition coefficient (Wildman–Crippen LogP) is 3.87. The van der Waals surface area contributed by atoms with Gasteiger partial charge in [0.15, 0.2) is 0 Å². The van der Waals surface area contributed by atoms with E-state index in [4.69, 9.17) is 0 Å². The van der Waals surface area contributed by atoms with Crippen molar-refractivity contribution >= 4 is 17.2 Å². The summed E-state index contributed by atoms with van der Waals surface area (Å²) in [6.07, 6.45) is 1.27. The first-order valence-electron chi connectivity index (χ1n) is 6.72. The number of carbonyl (C=O) groups excluding carboxylic acids is 1. The molecule has 0 fully saturated rings. The molecule has 1 aromatic carbocycles. The summed E-state index contributed by atoms with van der Waals surface area (Å²) in [5, 5.41) is 4.08. The van der Waals surface area contributed by atoms with Gasteiger partial charge in [-0.15, -0.1) is 0 Å². The number of hydrogen-bond acceptors (Lipinski definition) is 2. The Morgan fingerprint density at radius 3 is 2.80 bits per heavy atom. The minimum Gasteiger partial charge on any atom is -0.339 e. The molecule has 0 atom stereocenters. The highest BCUT2D eigenvalue weighted by molar-refractivity contribution is 7.07. The van der Waals surface area contributed by atoms with E-state index in [1.54, 1.807) is 22.3 Å². The summed E-state index contributed by atoms with van der Waals surface area (Å²) in [6, 6.07) is 8.46. The van der Waals surface area contributed by atoms with Gasteiger partial charge in [-0.05, 0) is 53.4 Å². The van der Waals surface area contributed by atoms with Crippen molar-refractivity contribution in [1.82, 2.24) is 4.90 Å². The van der Waals surface area contributed by atoms with Crippen molar-refractivity contribution < 1.29 is 9.18 Å². The summed E-state index contributed by atoms with van der Waals surface area (Å²) in [5.41, 5.74) is 2.03. The Hall–Kier alpha value is -1.68. The van der Waals surface area contributed by atoms with Crippen molar-refractivity contribution in [3.8, 4) is 0 Å². The normalized spacial score (nSPS) is 10.5. The molecule has 0 unspecified atom stereocenters. The standard InChI is InChI=1S/C16H18FNOS/c1-2-18(11-14-4-3-5-15(17)10-14)16(19)7-6-13-8-9-20-12-13/h3-5,8-10,12H,2,6-7,11H2,1H3. The van der Waals surface area contributed by atoms with Crippen LogP contribution in [-0.4, -0.2) is 17.4 Å². The second kappa shape index (κ2) is 7.20. The van der Waals surface area contributed by atoms with Gasteiger partial charge in [0.2, 0.25) is 5.91 Å². The number of aryl methyl sites for hydroxylation is 1. The van der Waals surface area contributed by atoms with Crippen molar-refractivity contribution in [3.05, 3.63) is 58.0 Å². The molecule has 20 heavy (non-hydrogen) atoms. The molecule has 106 valence electrons. The van der Waals surface area contributed by atoms with Crippen LogP contribution in [0.25, 0.3) is 0 Å². The Morgan fingerprint density at radius 2 is 2.15 bits per heavy atom. The molecule has 0 aliphatic heterocycles. The van der Waals surface area contributed by atoms with Crippen molar-refractivity contribution in [2.45, 2.75) is 26.3 Å². The van der Waals surface area contributed by atoms with Gasteiger partial charge in [-0.2, -0.15) is 11.3 Å². The summed E-state index contributed by atoms with van der Waals surface area (Å²) in [7, 11) is 0. The van der Waals surface area contributed by atoms with Crippen LogP contribution in [0.2, 0.25) is 0 Å². The van der Waals surface area contributed by atoms with Gasteiger partial charge in [0, 0.05) is 19.5 Å². The Labute approximate surface area is 122 Å². The third-order valence-corrected chi connectivity index (χ3v) is 3.94. The zero-order valence-corrected chi connectivity index (χ0v) is 12.3. The second-order valence-corrected chi connectivity index (χ2v) is 5.45. The van der Waals surface area contributed by atoms with E-state index >= 15 is 0 Å². The van der Waals surface area contributed by atoms with Crippen molar-refractivity contribution in [1.29, 1.82) is 0 Å². The van der Waals surface area contributed by atoms with E-state index in [-0.39, 0.29) is 11.7 Å². The highest BCUT2D eigenvalue weighted by Gasteiger charge is 2.12. The molecular formula is C16H18FNOS. The minimum absolute atomic E-state index is 0.114. The fourth-order valence-electron chi connectivity index (χ4n) is 2.08. The Kier molecular flexibility index (Phi) is 5.30. The molecule has 0 radical (unpaired) electrons. The molecule has 4 heteroatoms. The fourth-order valence-corrected chi connectivity index (χ4v) is 2.78. The number of benzene rings is 1. The van der Waals surface area contributed by atoms with Crippen LogP contribution in [0.15, 0.2) is 41.1 Å². The number of thiophene rings is 1. The molecule has 2 rings (SSSR count). The van der Waals surface area contributed by atoms with E-state index < -0.39 is 0 Å². The van der Waals surface area contributed by atoms with Crippen LogP contribution < -0.4 is 0 Å². The largest absolute Gasteiger partial charge is 0.339 e. The van der Waals surface area contributed by atoms with E-state index in [1.807, 2.05) is 24.4 Å². The number of carbonyl (C=O) groups is 1. The molecule has 1 aromatic heterocycles. The highest BCUT2D eigenvalue weighted by atomic mass is 32.1. The van der Waals surface area contributed by atoms with Crippen LogP contribution in [-0.2, 0) is 17.8 Å². The summed E-state index contributed by atoms with van der Waals surface area (Å²) < 4.78 is 13.2. The van der Waals surface area contributed by atoms with E-state index in [0.29, 0.717) is 19.5 Å². The van der Waals surface area contributed by atoms with Crippen LogP contribution in [0.4, 0.5) is 4.39 Å². The van der Waals surface area contributed by atoms with Crippen LogP contribution in [0.5, 0.6) is 0 Å². The summed E-state index contributed by atoms with van der Waals surface area (Å²) in [4.78, 5) is 14.0. The Balaban J connectivity index is 1.92. The lowest BCUT2D eigenvalue weighted by Gasteiger charge is -2.21. The van der Waals surface area contributed by atoms with Crippen LogP contribution in [0, 0.1) is 5.82 Å². The van der Waals surface area contributed by atoms with Gasteiger partial charge in [0.25, 0.3) is 0 Å². The van der Waals surface area contributed by atoms with Gasteiger partial charge in [-0.1, -0.05) is 12.1 Å². The molecular weight excluding hydrogens is 273 g/mol. The maximum Gasteiger partial charge on any atom is 0.223 e. The lowest BCUT2D eigenvalue weighted by molar-refractivity contribution is -0.131. The summed E-state index contributed by atoms with van der Waals surface area (Å²) in [5.74, 6) is -0.146. The molecule has 0 saturated carbocycles. The molecule has 0 bridgehead atoms. The number of nitrogens with zero attached hydrogens (tertiary/aromatic N) is 1. The fraction of sp³-hybridized carbons (Fsp3) is 0.312. The van der Waals surface area contributed by atoms with E-state index in [0.717, 1.165) is 12.0 Å². The van der Waals surface area contributed by atoms with Crippen molar-refractivity contribution in [2.75, 3.05) is 6.54 Å². The van der Waals surface area contributed by atoms with E-state index in [2.05, 4.69) is 5.38 Å². The molecule has 1 amide bonds. The Bertz CT molecular complexity index is 553. The minimum atomic E-state index is -0.260. The first-order valence-corrected chi connectivity index (χ1v) is 7.66. The molecule has 2 aromatic rings. The lowest BCUT2D eigenvalue weighted by atomic mass is 10.1. The zero-order chi connectivity index (χ0) is 14.4. The van der Waals surface area contributed by atoms with Gasteiger partial charge >= 0.3 is 0 Å². The first kappa shape index (κ1) is 14.7. The molecule has 2 nitrogen and oxygen atoms in total. The summed E-state index contributed by atoms with van der Waals surface area (Å²) >= 11 is 1.64. The van der Waals surface area contributed by atoms with Gasteiger partial charge in [0.05, 0.1) is 0 Å². The predicted molar refractivity (Wildman–Crippen MR) is 80.1 cm³/mol. The maximum atomic E-state index is 13.2. The Morgan fingerprint density at radius 1 is 1.30 bits per heavy atom. The monoisotopic (exact) mass is 291 g/mol. The molecule has 0 spiro atoms. The second-order valence-electron chi connectivity index (χ2n) is 4.67.